The highest BCUT2D eigenvalue weighted by molar-refractivity contribution is 5.93. The molecule has 6 heteroatoms. The van der Waals surface area contributed by atoms with E-state index in [0.717, 1.165) is 11.3 Å². The standard InChI is InChI=1S/C20H24N2O4/c1-3-25-18-11-6-5-8-15(18)12-13-21-20(24)22-17-10-7-9-16(14-17)19(23)26-4-2/h5-11,14H,3-4,12-13H2,1-2H3,(H2,21,22,24). The van der Waals surface area contributed by atoms with Gasteiger partial charge in [0.05, 0.1) is 18.8 Å². The zero-order valence-corrected chi connectivity index (χ0v) is 15.1. The SMILES string of the molecule is CCOC(=O)c1cccc(NC(=O)NCCc2ccccc2OCC)c1. The van der Waals surface area contributed by atoms with Gasteiger partial charge in [0, 0.05) is 12.2 Å². The number of carbonyl (C=O) groups is 2. The highest BCUT2D eigenvalue weighted by atomic mass is 16.5. The van der Waals surface area contributed by atoms with Gasteiger partial charge in [-0.2, -0.15) is 0 Å². The molecule has 26 heavy (non-hydrogen) atoms. The third-order valence-corrected chi connectivity index (χ3v) is 3.58. The van der Waals surface area contributed by atoms with Gasteiger partial charge in [-0.05, 0) is 50.1 Å². The van der Waals surface area contributed by atoms with E-state index >= 15 is 0 Å². The summed E-state index contributed by atoms with van der Waals surface area (Å²) in [6, 6.07) is 14.1. The van der Waals surface area contributed by atoms with Crippen LogP contribution in [0.15, 0.2) is 48.5 Å². The highest BCUT2D eigenvalue weighted by Gasteiger charge is 2.09. The molecule has 2 aromatic carbocycles. The number of hydrogen-bond donors (Lipinski definition) is 2. The van der Waals surface area contributed by atoms with Crippen LogP contribution in [-0.4, -0.2) is 31.8 Å². The lowest BCUT2D eigenvalue weighted by molar-refractivity contribution is 0.0526. The summed E-state index contributed by atoms with van der Waals surface area (Å²) in [5.41, 5.74) is 1.97. The Kier molecular flexibility index (Phi) is 7.49. The molecule has 0 aliphatic carbocycles. The Balaban J connectivity index is 1.86. The van der Waals surface area contributed by atoms with E-state index in [0.29, 0.717) is 37.4 Å². The highest BCUT2D eigenvalue weighted by Crippen LogP contribution is 2.18. The minimum Gasteiger partial charge on any atom is -0.494 e. The van der Waals surface area contributed by atoms with Gasteiger partial charge in [-0.3, -0.25) is 0 Å². The first-order valence-electron chi connectivity index (χ1n) is 8.66. The topological polar surface area (TPSA) is 76.7 Å². The number of ether oxygens (including phenoxy) is 2. The third kappa shape index (κ3) is 5.81. The van der Waals surface area contributed by atoms with Crippen LogP contribution in [0.25, 0.3) is 0 Å². The van der Waals surface area contributed by atoms with Crippen molar-refractivity contribution in [2.45, 2.75) is 20.3 Å². The number of para-hydroxylation sites is 1. The lowest BCUT2D eigenvalue weighted by Gasteiger charge is -2.11. The largest absolute Gasteiger partial charge is 0.494 e. The van der Waals surface area contributed by atoms with Crippen molar-refractivity contribution >= 4 is 17.7 Å². The molecular weight excluding hydrogens is 332 g/mol. The molecule has 0 radical (unpaired) electrons. The Hall–Kier alpha value is -3.02. The molecule has 0 saturated carbocycles. The Morgan fingerprint density at radius 1 is 1.00 bits per heavy atom. The molecule has 0 spiro atoms. The number of rotatable bonds is 8. The predicted octanol–water partition coefficient (Wildman–Crippen LogP) is 3.63. The van der Waals surface area contributed by atoms with Crippen LogP contribution < -0.4 is 15.4 Å². The summed E-state index contributed by atoms with van der Waals surface area (Å²) >= 11 is 0. The molecule has 6 nitrogen and oxygen atoms in total. The Morgan fingerprint density at radius 2 is 1.81 bits per heavy atom. The van der Waals surface area contributed by atoms with E-state index in [9.17, 15) is 9.59 Å². The number of hydrogen-bond acceptors (Lipinski definition) is 4. The van der Waals surface area contributed by atoms with Gasteiger partial charge in [0.1, 0.15) is 5.75 Å². The molecule has 0 fully saturated rings. The van der Waals surface area contributed by atoms with Crippen LogP contribution in [0.1, 0.15) is 29.8 Å². The van der Waals surface area contributed by atoms with Crippen molar-refractivity contribution in [2.24, 2.45) is 0 Å². The fraction of sp³-hybridized carbons (Fsp3) is 0.300. The molecule has 0 aliphatic heterocycles. The van der Waals surface area contributed by atoms with E-state index in [2.05, 4.69) is 10.6 Å². The molecule has 2 amide bonds. The first-order valence-corrected chi connectivity index (χ1v) is 8.66. The maximum Gasteiger partial charge on any atom is 0.338 e. The van der Waals surface area contributed by atoms with Crippen LogP contribution in [0.5, 0.6) is 5.75 Å². The summed E-state index contributed by atoms with van der Waals surface area (Å²) in [6.45, 7) is 5.06. The molecular formula is C20H24N2O4. The minimum absolute atomic E-state index is 0.306. The molecule has 2 N–H and O–H groups in total. The number of carbonyl (C=O) groups excluding carboxylic acids is 2. The summed E-state index contributed by atoms with van der Waals surface area (Å²) in [4.78, 5) is 23.8. The van der Waals surface area contributed by atoms with Gasteiger partial charge >= 0.3 is 12.0 Å². The molecule has 2 rings (SSSR count). The number of anilines is 1. The van der Waals surface area contributed by atoms with Gasteiger partial charge in [-0.15, -0.1) is 0 Å². The fourth-order valence-electron chi connectivity index (χ4n) is 2.43. The van der Waals surface area contributed by atoms with Gasteiger partial charge < -0.3 is 20.1 Å². The van der Waals surface area contributed by atoms with Crippen LogP contribution in [0.2, 0.25) is 0 Å². The zero-order valence-electron chi connectivity index (χ0n) is 15.1. The summed E-state index contributed by atoms with van der Waals surface area (Å²) < 4.78 is 10.5. The van der Waals surface area contributed by atoms with Gasteiger partial charge in [0.25, 0.3) is 0 Å². The second-order valence-electron chi connectivity index (χ2n) is 5.47. The molecule has 0 unspecified atom stereocenters. The fourth-order valence-corrected chi connectivity index (χ4v) is 2.43. The second-order valence-corrected chi connectivity index (χ2v) is 5.47. The van der Waals surface area contributed by atoms with E-state index in [1.165, 1.54) is 0 Å². The third-order valence-electron chi connectivity index (χ3n) is 3.58. The van der Waals surface area contributed by atoms with Crippen molar-refractivity contribution in [1.29, 1.82) is 0 Å². The van der Waals surface area contributed by atoms with Crippen molar-refractivity contribution in [1.82, 2.24) is 5.32 Å². The lowest BCUT2D eigenvalue weighted by Crippen LogP contribution is -2.30. The van der Waals surface area contributed by atoms with Crippen molar-refractivity contribution in [3.05, 3.63) is 59.7 Å². The quantitative estimate of drug-likeness (QED) is 0.708. The average molecular weight is 356 g/mol. The first-order chi connectivity index (χ1) is 12.6. The molecule has 0 bridgehead atoms. The van der Waals surface area contributed by atoms with Crippen LogP contribution in [0, 0.1) is 0 Å². The van der Waals surface area contributed by atoms with E-state index in [-0.39, 0.29) is 6.03 Å². The van der Waals surface area contributed by atoms with Crippen molar-refractivity contribution < 1.29 is 19.1 Å². The normalized spacial score (nSPS) is 10.1. The lowest BCUT2D eigenvalue weighted by atomic mass is 10.1. The molecule has 138 valence electrons. The molecule has 0 aromatic heterocycles. The van der Waals surface area contributed by atoms with Crippen LogP contribution in [0.4, 0.5) is 10.5 Å². The van der Waals surface area contributed by atoms with Crippen LogP contribution >= 0.6 is 0 Å². The van der Waals surface area contributed by atoms with Gasteiger partial charge in [-0.1, -0.05) is 24.3 Å². The maximum absolute atomic E-state index is 12.1. The van der Waals surface area contributed by atoms with Crippen LogP contribution in [-0.2, 0) is 11.2 Å². The van der Waals surface area contributed by atoms with E-state index in [1.54, 1.807) is 31.2 Å². The molecule has 0 saturated heterocycles. The summed E-state index contributed by atoms with van der Waals surface area (Å²) in [7, 11) is 0. The van der Waals surface area contributed by atoms with Gasteiger partial charge in [0.2, 0.25) is 0 Å². The average Bonchev–Trinajstić information content (AvgIpc) is 2.64. The summed E-state index contributed by atoms with van der Waals surface area (Å²) in [5.74, 6) is 0.420. The summed E-state index contributed by atoms with van der Waals surface area (Å²) in [5, 5.41) is 5.52. The number of amides is 2. The molecule has 2 aromatic rings. The predicted molar refractivity (Wildman–Crippen MR) is 101 cm³/mol. The first kappa shape index (κ1) is 19.3. The van der Waals surface area contributed by atoms with Crippen LogP contribution in [0.3, 0.4) is 0 Å². The van der Waals surface area contributed by atoms with Crippen molar-refractivity contribution in [3.63, 3.8) is 0 Å². The Bertz CT molecular complexity index is 746. The molecule has 0 aliphatic rings. The van der Waals surface area contributed by atoms with Crippen molar-refractivity contribution in [2.75, 3.05) is 25.1 Å². The number of esters is 1. The van der Waals surface area contributed by atoms with Crippen molar-refractivity contribution in [3.8, 4) is 5.75 Å². The number of nitrogens with one attached hydrogen (secondary N) is 2. The van der Waals surface area contributed by atoms with E-state index in [4.69, 9.17) is 9.47 Å². The monoisotopic (exact) mass is 356 g/mol. The maximum atomic E-state index is 12.1. The van der Waals surface area contributed by atoms with E-state index in [1.807, 2.05) is 31.2 Å². The second kappa shape index (κ2) is 10.1. The van der Waals surface area contributed by atoms with Gasteiger partial charge in [0.15, 0.2) is 0 Å². The molecule has 0 atom stereocenters. The smallest absolute Gasteiger partial charge is 0.338 e. The Morgan fingerprint density at radius 3 is 2.58 bits per heavy atom. The Labute approximate surface area is 153 Å². The molecule has 0 heterocycles. The number of urea groups is 1. The van der Waals surface area contributed by atoms with E-state index < -0.39 is 5.97 Å². The zero-order chi connectivity index (χ0) is 18.8. The number of benzene rings is 2. The minimum atomic E-state index is -0.413. The van der Waals surface area contributed by atoms with Gasteiger partial charge in [-0.25, -0.2) is 9.59 Å². The summed E-state index contributed by atoms with van der Waals surface area (Å²) in [6.07, 6.45) is 0.659.